The van der Waals surface area contributed by atoms with Crippen molar-refractivity contribution >= 4 is 0 Å². The molecule has 0 amide bonds. The van der Waals surface area contributed by atoms with Crippen molar-refractivity contribution < 1.29 is 0 Å². The zero-order valence-electron chi connectivity index (χ0n) is 12.3. The highest BCUT2D eigenvalue weighted by molar-refractivity contribution is 5.10. The van der Waals surface area contributed by atoms with Crippen LogP contribution in [0.1, 0.15) is 31.7 Å². The standard InChI is InChI=1S/C16H27N3/c1-13-3-4-15(12-17)16(11-13)19(2)10-7-14-5-8-18-9-6-14/h5-6,8-9,13,15-16H,3-4,7,10-12,17H2,1-2H3. The quantitative estimate of drug-likeness (QED) is 0.884. The van der Waals surface area contributed by atoms with Crippen LogP contribution in [-0.2, 0) is 6.42 Å². The first-order valence-electron chi connectivity index (χ1n) is 7.50. The lowest BCUT2D eigenvalue weighted by molar-refractivity contribution is 0.109. The lowest BCUT2D eigenvalue weighted by Gasteiger charge is -2.40. The summed E-state index contributed by atoms with van der Waals surface area (Å²) in [6.45, 7) is 4.31. The zero-order chi connectivity index (χ0) is 13.7. The van der Waals surface area contributed by atoms with Crippen LogP contribution in [0.25, 0.3) is 0 Å². The first-order chi connectivity index (χ1) is 9.20. The number of aromatic nitrogens is 1. The summed E-state index contributed by atoms with van der Waals surface area (Å²) in [6.07, 6.45) is 8.79. The molecule has 1 aromatic rings. The minimum absolute atomic E-state index is 0.663. The topological polar surface area (TPSA) is 42.1 Å². The summed E-state index contributed by atoms with van der Waals surface area (Å²) in [5.41, 5.74) is 7.32. The molecule has 0 spiro atoms. The van der Waals surface area contributed by atoms with Crippen LogP contribution >= 0.6 is 0 Å². The van der Waals surface area contributed by atoms with Crippen molar-refractivity contribution in [1.29, 1.82) is 0 Å². The van der Waals surface area contributed by atoms with Crippen LogP contribution in [0.5, 0.6) is 0 Å². The van der Waals surface area contributed by atoms with Crippen LogP contribution in [0.3, 0.4) is 0 Å². The molecule has 0 bridgehead atoms. The molecule has 1 aromatic heterocycles. The molecule has 0 aromatic carbocycles. The van der Waals surface area contributed by atoms with E-state index < -0.39 is 0 Å². The molecule has 0 saturated heterocycles. The van der Waals surface area contributed by atoms with Gasteiger partial charge in [0.25, 0.3) is 0 Å². The van der Waals surface area contributed by atoms with Gasteiger partial charge in [-0.15, -0.1) is 0 Å². The first kappa shape index (κ1) is 14.5. The van der Waals surface area contributed by atoms with Crippen LogP contribution in [0.4, 0.5) is 0 Å². The molecule has 1 heterocycles. The molecule has 2 N–H and O–H groups in total. The van der Waals surface area contributed by atoms with Crippen LogP contribution in [0.15, 0.2) is 24.5 Å². The fourth-order valence-corrected chi connectivity index (χ4v) is 3.25. The number of rotatable bonds is 5. The second-order valence-corrected chi connectivity index (χ2v) is 6.07. The Morgan fingerprint density at radius 1 is 1.32 bits per heavy atom. The van der Waals surface area contributed by atoms with Crippen molar-refractivity contribution in [3.05, 3.63) is 30.1 Å². The van der Waals surface area contributed by atoms with Gasteiger partial charge >= 0.3 is 0 Å². The predicted molar refractivity (Wildman–Crippen MR) is 79.9 cm³/mol. The maximum atomic E-state index is 5.95. The van der Waals surface area contributed by atoms with Gasteiger partial charge in [0.2, 0.25) is 0 Å². The minimum Gasteiger partial charge on any atom is -0.330 e. The third kappa shape index (κ3) is 4.02. The smallest absolute Gasteiger partial charge is 0.0270 e. The maximum Gasteiger partial charge on any atom is 0.0270 e. The van der Waals surface area contributed by atoms with E-state index >= 15 is 0 Å². The third-order valence-corrected chi connectivity index (χ3v) is 4.59. The molecule has 3 atom stereocenters. The first-order valence-corrected chi connectivity index (χ1v) is 7.50. The fourth-order valence-electron chi connectivity index (χ4n) is 3.25. The lowest BCUT2D eigenvalue weighted by Crippen LogP contribution is -2.45. The van der Waals surface area contributed by atoms with Gasteiger partial charge in [0.15, 0.2) is 0 Å². The van der Waals surface area contributed by atoms with Gasteiger partial charge in [-0.25, -0.2) is 0 Å². The Bertz CT molecular complexity index is 366. The summed E-state index contributed by atoms with van der Waals surface area (Å²) >= 11 is 0. The van der Waals surface area contributed by atoms with Crippen molar-refractivity contribution in [2.45, 2.75) is 38.6 Å². The van der Waals surface area contributed by atoms with E-state index in [1.54, 1.807) is 0 Å². The Morgan fingerprint density at radius 3 is 2.74 bits per heavy atom. The lowest BCUT2D eigenvalue weighted by atomic mass is 9.78. The number of hydrogen-bond acceptors (Lipinski definition) is 3. The van der Waals surface area contributed by atoms with Crippen molar-refractivity contribution in [2.24, 2.45) is 17.6 Å². The van der Waals surface area contributed by atoms with Crippen LogP contribution in [0.2, 0.25) is 0 Å². The van der Waals surface area contributed by atoms with E-state index in [9.17, 15) is 0 Å². The van der Waals surface area contributed by atoms with E-state index in [-0.39, 0.29) is 0 Å². The molecular formula is C16H27N3. The summed E-state index contributed by atoms with van der Waals surface area (Å²) in [7, 11) is 2.26. The number of nitrogens with zero attached hydrogens (tertiary/aromatic N) is 2. The summed E-state index contributed by atoms with van der Waals surface area (Å²) < 4.78 is 0. The highest BCUT2D eigenvalue weighted by Gasteiger charge is 2.30. The molecule has 0 radical (unpaired) electrons. The van der Waals surface area contributed by atoms with Crippen LogP contribution in [0, 0.1) is 11.8 Å². The summed E-state index contributed by atoms with van der Waals surface area (Å²) in [6, 6.07) is 4.88. The molecule has 19 heavy (non-hydrogen) atoms. The molecule has 3 heteroatoms. The van der Waals surface area contributed by atoms with Crippen molar-refractivity contribution in [2.75, 3.05) is 20.1 Å². The van der Waals surface area contributed by atoms with Gasteiger partial charge in [-0.3, -0.25) is 4.98 Å². The molecule has 3 unspecified atom stereocenters. The average Bonchev–Trinajstić information content (AvgIpc) is 2.46. The third-order valence-electron chi connectivity index (χ3n) is 4.59. The van der Waals surface area contributed by atoms with E-state index in [4.69, 9.17) is 5.73 Å². The van der Waals surface area contributed by atoms with E-state index in [1.165, 1.54) is 24.8 Å². The van der Waals surface area contributed by atoms with Crippen LogP contribution in [-0.4, -0.2) is 36.1 Å². The van der Waals surface area contributed by atoms with Gasteiger partial charge < -0.3 is 10.6 Å². The highest BCUT2D eigenvalue weighted by atomic mass is 15.1. The number of likely N-dealkylation sites (N-methyl/N-ethyl adjacent to an activating group) is 1. The molecule has 3 nitrogen and oxygen atoms in total. The molecular weight excluding hydrogens is 234 g/mol. The van der Waals surface area contributed by atoms with Crippen LogP contribution < -0.4 is 5.73 Å². The number of pyridine rings is 1. The second-order valence-electron chi connectivity index (χ2n) is 6.07. The molecule has 1 saturated carbocycles. The molecule has 2 rings (SSSR count). The Kier molecular flexibility index (Phi) is 5.34. The van der Waals surface area contributed by atoms with Crippen molar-refractivity contribution in [3.8, 4) is 0 Å². The summed E-state index contributed by atoms with van der Waals surface area (Å²) in [5.74, 6) is 1.52. The predicted octanol–water partition coefficient (Wildman–Crippen LogP) is 2.32. The van der Waals surface area contributed by atoms with Gasteiger partial charge in [-0.05, 0) is 62.4 Å². The Morgan fingerprint density at radius 2 is 2.05 bits per heavy atom. The molecule has 1 fully saturated rings. The monoisotopic (exact) mass is 261 g/mol. The maximum absolute atomic E-state index is 5.95. The normalized spacial score (nSPS) is 27.7. The Labute approximate surface area is 117 Å². The SMILES string of the molecule is CC1CCC(CN)C(N(C)CCc2ccncc2)C1. The second kappa shape index (κ2) is 7.01. The minimum atomic E-state index is 0.663. The molecule has 1 aliphatic rings. The average molecular weight is 261 g/mol. The fraction of sp³-hybridized carbons (Fsp3) is 0.688. The van der Waals surface area contributed by atoms with Gasteiger partial charge in [0.05, 0.1) is 0 Å². The van der Waals surface area contributed by atoms with Gasteiger partial charge in [-0.2, -0.15) is 0 Å². The highest BCUT2D eigenvalue weighted by Crippen LogP contribution is 2.31. The zero-order valence-corrected chi connectivity index (χ0v) is 12.3. The van der Waals surface area contributed by atoms with Gasteiger partial charge in [0, 0.05) is 25.0 Å². The molecule has 106 valence electrons. The summed E-state index contributed by atoms with van der Waals surface area (Å²) in [4.78, 5) is 6.59. The van der Waals surface area contributed by atoms with E-state index in [1.807, 2.05) is 12.4 Å². The molecule has 1 aliphatic carbocycles. The van der Waals surface area contributed by atoms with E-state index in [0.717, 1.165) is 25.4 Å². The molecule has 0 aliphatic heterocycles. The van der Waals surface area contributed by atoms with Crippen molar-refractivity contribution in [1.82, 2.24) is 9.88 Å². The van der Waals surface area contributed by atoms with E-state index in [2.05, 4.69) is 36.0 Å². The summed E-state index contributed by atoms with van der Waals surface area (Å²) in [5, 5.41) is 0. The van der Waals surface area contributed by atoms with Crippen molar-refractivity contribution in [3.63, 3.8) is 0 Å². The largest absolute Gasteiger partial charge is 0.330 e. The van der Waals surface area contributed by atoms with Gasteiger partial charge in [0.1, 0.15) is 0 Å². The number of hydrogen-bond donors (Lipinski definition) is 1. The van der Waals surface area contributed by atoms with E-state index in [0.29, 0.717) is 12.0 Å². The Hall–Kier alpha value is -0.930. The Balaban J connectivity index is 1.88. The number of nitrogens with two attached hydrogens (primary N) is 1. The van der Waals surface area contributed by atoms with Gasteiger partial charge in [-0.1, -0.05) is 13.3 Å².